The number of esters is 1. The summed E-state index contributed by atoms with van der Waals surface area (Å²) < 4.78 is 17.7. The van der Waals surface area contributed by atoms with Gasteiger partial charge in [0.1, 0.15) is 17.1 Å². The molecule has 230 valence electrons. The molecule has 6 nitrogen and oxygen atoms in total. The van der Waals surface area contributed by atoms with Gasteiger partial charge in [-0.3, -0.25) is 4.79 Å². The number of aliphatic carboxylic acids is 1. The Morgan fingerprint density at radius 1 is 0.857 bits per heavy atom. The largest absolute Gasteiger partial charge is 0.496 e. The number of benzene rings is 2. The number of ether oxygens (including phenoxy) is 3. The molecule has 1 aliphatic rings. The normalized spacial score (nSPS) is 15.7. The van der Waals surface area contributed by atoms with Crippen LogP contribution < -0.4 is 9.47 Å². The van der Waals surface area contributed by atoms with Gasteiger partial charge in [0.25, 0.3) is 0 Å². The van der Waals surface area contributed by atoms with Crippen molar-refractivity contribution in [1.29, 1.82) is 0 Å². The van der Waals surface area contributed by atoms with Crippen LogP contribution in [0.5, 0.6) is 11.5 Å². The molecule has 3 rings (SSSR count). The van der Waals surface area contributed by atoms with Gasteiger partial charge in [-0.1, -0.05) is 53.0 Å². The molecule has 0 saturated carbocycles. The number of hydrogen-bond donors (Lipinski definition) is 1. The third-order valence-corrected chi connectivity index (χ3v) is 8.09. The molecule has 0 radical (unpaired) electrons. The van der Waals surface area contributed by atoms with Crippen molar-refractivity contribution in [2.75, 3.05) is 13.7 Å². The number of methoxy groups -OCH3 is 1. The summed E-state index contributed by atoms with van der Waals surface area (Å²) >= 11 is 0. The second kappa shape index (κ2) is 13.8. The molecule has 0 aliphatic heterocycles. The smallest absolute Gasteiger partial charge is 0.328 e. The van der Waals surface area contributed by atoms with Gasteiger partial charge in [0, 0.05) is 23.6 Å². The lowest BCUT2D eigenvalue weighted by Gasteiger charge is -2.42. The first-order chi connectivity index (χ1) is 19.6. The van der Waals surface area contributed by atoms with Crippen molar-refractivity contribution in [2.24, 2.45) is 0 Å². The number of carbonyl (C=O) groups excluding carboxylic acids is 1. The van der Waals surface area contributed by atoms with Crippen LogP contribution in [0.25, 0.3) is 17.2 Å². The molecule has 0 saturated heterocycles. The lowest BCUT2D eigenvalue weighted by Crippen LogP contribution is -2.34. The molecule has 0 amide bonds. The molecule has 0 atom stereocenters. The van der Waals surface area contributed by atoms with Crippen LogP contribution in [0, 0.1) is 0 Å². The van der Waals surface area contributed by atoms with Crippen molar-refractivity contribution in [3.8, 4) is 22.6 Å². The van der Waals surface area contributed by atoms with E-state index in [0.29, 0.717) is 18.8 Å². The highest BCUT2D eigenvalue weighted by Gasteiger charge is 2.38. The molecule has 0 heterocycles. The third-order valence-electron chi connectivity index (χ3n) is 8.09. The van der Waals surface area contributed by atoms with E-state index in [9.17, 15) is 9.59 Å². The fourth-order valence-electron chi connectivity index (χ4n) is 5.61. The molecule has 0 aromatic heterocycles. The van der Waals surface area contributed by atoms with E-state index in [-0.39, 0.29) is 16.8 Å². The average molecular weight is 579 g/mol. The van der Waals surface area contributed by atoms with Gasteiger partial charge in [-0.2, -0.15) is 0 Å². The second-order valence-corrected chi connectivity index (χ2v) is 13.7. The summed E-state index contributed by atoms with van der Waals surface area (Å²) in [6, 6.07) is 10.2. The Balaban J connectivity index is 1.81. The predicted octanol–water partition coefficient (Wildman–Crippen LogP) is 8.87. The minimum Gasteiger partial charge on any atom is -0.496 e. The van der Waals surface area contributed by atoms with Gasteiger partial charge in [0.15, 0.2) is 0 Å². The molecule has 0 fully saturated rings. The Kier molecular flexibility index (Phi) is 10.9. The maximum Gasteiger partial charge on any atom is 0.328 e. The van der Waals surface area contributed by atoms with Crippen LogP contribution in [0.4, 0.5) is 0 Å². The fourth-order valence-corrected chi connectivity index (χ4v) is 5.61. The topological polar surface area (TPSA) is 82.1 Å². The Labute approximate surface area is 252 Å². The zero-order chi connectivity index (χ0) is 31.1. The van der Waals surface area contributed by atoms with Crippen LogP contribution in [0.2, 0.25) is 0 Å². The lowest BCUT2D eigenvalue weighted by molar-refractivity contribution is -0.155. The molecule has 0 bridgehead atoms. The van der Waals surface area contributed by atoms with E-state index in [4.69, 9.17) is 19.3 Å². The Hall–Kier alpha value is -3.28. The van der Waals surface area contributed by atoms with Crippen LogP contribution in [-0.4, -0.2) is 36.4 Å². The van der Waals surface area contributed by atoms with Gasteiger partial charge in [0.05, 0.1) is 13.7 Å². The highest BCUT2D eigenvalue weighted by atomic mass is 16.6. The van der Waals surface area contributed by atoms with Gasteiger partial charge in [-0.15, -0.1) is 0 Å². The van der Waals surface area contributed by atoms with Crippen molar-refractivity contribution in [3.63, 3.8) is 0 Å². The highest BCUT2D eigenvalue weighted by molar-refractivity contribution is 5.86. The molecular weight excluding hydrogens is 528 g/mol. The lowest BCUT2D eigenvalue weighted by atomic mass is 9.62. The SMILES string of the molecule is COc1ccc(C=CC(=O)O)cc1-c1cc2c(cc1OCCCCCCCC(=O)OC(C)(C)C)C(C)(C)CCC2(C)C. The van der Waals surface area contributed by atoms with E-state index < -0.39 is 11.6 Å². The number of rotatable bonds is 13. The Bertz CT molecular complexity index is 1280. The number of hydrogen-bond acceptors (Lipinski definition) is 5. The van der Waals surface area contributed by atoms with E-state index in [1.54, 1.807) is 13.2 Å². The quantitative estimate of drug-likeness (QED) is 0.145. The fraction of sp³-hybridized carbons (Fsp3) is 0.556. The molecule has 6 heteroatoms. The molecule has 42 heavy (non-hydrogen) atoms. The summed E-state index contributed by atoms with van der Waals surface area (Å²) in [6.07, 6.45) is 10.2. The van der Waals surface area contributed by atoms with Crippen LogP contribution in [-0.2, 0) is 25.2 Å². The van der Waals surface area contributed by atoms with Crippen LogP contribution in [0.1, 0.15) is 117 Å². The molecule has 0 unspecified atom stereocenters. The third kappa shape index (κ3) is 9.11. The number of carbonyl (C=O) groups is 2. The van der Waals surface area contributed by atoms with Crippen molar-refractivity contribution in [3.05, 3.63) is 53.1 Å². The highest BCUT2D eigenvalue weighted by Crippen LogP contribution is 2.50. The molecule has 2 aromatic carbocycles. The molecule has 1 N–H and O–H groups in total. The predicted molar refractivity (Wildman–Crippen MR) is 169 cm³/mol. The van der Waals surface area contributed by atoms with Crippen LogP contribution in [0.15, 0.2) is 36.4 Å². The standard InChI is InChI=1S/C36H50O6/c1-34(2,3)42-33(39)14-12-10-9-11-13-21-41-31-24-29-28(35(4,5)19-20-36(29,6)7)23-27(31)26-22-25(16-18-32(37)38)15-17-30(26)40-8/h15-18,22-24H,9-14,19-21H2,1-8H3,(H,37,38). The zero-order valence-electron chi connectivity index (χ0n) is 26.9. The van der Waals surface area contributed by atoms with E-state index >= 15 is 0 Å². The van der Waals surface area contributed by atoms with E-state index in [2.05, 4.69) is 39.8 Å². The Morgan fingerprint density at radius 3 is 2.07 bits per heavy atom. The first-order valence-corrected chi connectivity index (χ1v) is 15.3. The van der Waals surface area contributed by atoms with Gasteiger partial charge >= 0.3 is 11.9 Å². The van der Waals surface area contributed by atoms with Gasteiger partial charge in [-0.05, 0) is 104 Å². The van der Waals surface area contributed by atoms with E-state index in [0.717, 1.165) is 73.5 Å². The van der Waals surface area contributed by atoms with Gasteiger partial charge in [0.2, 0.25) is 0 Å². The maximum atomic E-state index is 11.9. The van der Waals surface area contributed by atoms with Gasteiger partial charge in [-0.25, -0.2) is 4.79 Å². The summed E-state index contributed by atoms with van der Waals surface area (Å²) in [7, 11) is 1.65. The summed E-state index contributed by atoms with van der Waals surface area (Å²) in [6.45, 7) is 15.5. The minimum atomic E-state index is -0.987. The van der Waals surface area contributed by atoms with Crippen molar-refractivity contribution >= 4 is 18.0 Å². The summed E-state index contributed by atoms with van der Waals surface area (Å²) in [4.78, 5) is 23.1. The molecule has 2 aromatic rings. The summed E-state index contributed by atoms with van der Waals surface area (Å²) in [5.74, 6) is 0.418. The van der Waals surface area contributed by atoms with E-state index in [1.807, 2.05) is 39.0 Å². The average Bonchev–Trinajstić information content (AvgIpc) is 2.90. The molecule has 0 spiro atoms. The van der Waals surface area contributed by atoms with Crippen LogP contribution >= 0.6 is 0 Å². The Morgan fingerprint density at radius 2 is 1.45 bits per heavy atom. The second-order valence-electron chi connectivity index (χ2n) is 13.7. The van der Waals surface area contributed by atoms with Gasteiger partial charge < -0.3 is 19.3 Å². The van der Waals surface area contributed by atoms with Crippen molar-refractivity contribution in [1.82, 2.24) is 0 Å². The van der Waals surface area contributed by atoms with E-state index in [1.165, 1.54) is 11.1 Å². The monoisotopic (exact) mass is 578 g/mol. The van der Waals surface area contributed by atoms with Crippen molar-refractivity contribution < 1.29 is 28.9 Å². The molecule has 1 aliphatic carbocycles. The number of unbranched alkanes of at least 4 members (excludes halogenated alkanes) is 4. The first kappa shape index (κ1) is 33.2. The zero-order valence-corrected chi connectivity index (χ0v) is 26.9. The maximum absolute atomic E-state index is 11.9. The first-order valence-electron chi connectivity index (χ1n) is 15.3. The number of fused-ring (bicyclic) bond motifs is 1. The minimum absolute atomic E-state index is 0.0193. The summed E-state index contributed by atoms with van der Waals surface area (Å²) in [5, 5.41) is 9.15. The van der Waals surface area contributed by atoms with Crippen LogP contribution in [0.3, 0.4) is 0 Å². The molecular formula is C36H50O6. The number of carboxylic acids is 1. The number of carboxylic acid groups (broad SMARTS) is 1. The van der Waals surface area contributed by atoms with Crippen molar-refractivity contribution in [2.45, 2.75) is 116 Å². The summed E-state index contributed by atoms with van der Waals surface area (Å²) in [5.41, 5.74) is 4.87.